The lowest BCUT2D eigenvalue weighted by Crippen LogP contribution is -2.41. The van der Waals surface area contributed by atoms with Crippen molar-refractivity contribution in [2.24, 2.45) is 17.1 Å². The molecule has 0 aromatic carbocycles. The molecule has 0 unspecified atom stereocenters. The summed E-state index contributed by atoms with van der Waals surface area (Å²) in [4.78, 5) is 9.35. The first-order valence-electron chi connectivity index (χ1n) is 11.6. The zero-order valence-electron chi connectivity index (χ0n) is 19.1. The number of hydrogen-bond acceptors (Lipinski definition) is 7. The van der Waals surface area contributed by atoms with Gasteiger partial charge in [0.1, 0.15) is 5.82 Å². The molecular weight excluding hydrogens is 438 g/mol. The Labute approximate surface area is 200 Å². The van der Waals surface area contributed by atoms with E-state index < -0.39 is 5.41 Å². The molecule has 8 heteroatoms. The highest BCUT2D eigenvalue weighted by atomic mass is 35.5. The summed E-state index contributed by atoms with van der Waals surface area (Å²) in [7, 11) is 1.73. The number of rotatable bonds is 7. The molecule has 1 saturated heterocycles. The number of ether oxygens (including phenoxy) is 2. The van der Waals surface area contributed by atoms with Crippen molar-refractivity contribution in [1.29, 1.82) is 5.26 Å². The first kappa shape index (κ1) is 23.9. The third kappa shape index (κ3) is 5.82. The standard InChI is InChI=1S/C25H32ClN5O2/c1-32-23-12-17(5-6-21(23)28)11-18-13-19(20(26)14-29-18)22-3-2-4-24(31-22)30-16-25(15-27)7-9-33-10-8-25/h2-4,13-14,17,21,23H,5-12,16,28H2,1H3,(H,30,31)/t17-,21+,23+/m1/s1. The van der Waals surface area contributed by atoms with Gasteiger partial charge in [-0.1, -0.05) is 17.7 Å². The fraction of sp³-hybridized carbons (Fsp3) is 0.560. The van der Waals surface area contributed by atoms with Crippen molar-refractivity contribution < 1.29 is 9.47 Å². The molecule has 0 spiro atoms. The fourth-order valence-electron chi connectivity index (χ4n) is 4.81. The Morgan fingerprint density at radius 3 is 2.91 bits per heavy atom. The maximum absolute atomic E-state index is 9.70. The minimum atomic E-state index is -0.417. The summed E-state index contributed by atoms with van der Waals surface area (Å²) in [5.74, 6) is 1.21. The molecule has 33 heavy (non-hydrogen) atoms. The summed E-state index contributed by atoms with van der Waals surface area (Å²) >= 11 is 6.52. The van der Waals surface area contributed by atoms with Gasteiger partial charge in [0.25, 0.3) is 0 Å². The number of nitrogens with zero attached hydrogens (tertiary/aromatic N) is 3. The van der Waals surface area contributed by atoms with E-state index in [0.29, 0.717) is 30.7 Å². The highest BCUT2D eigenvalue weighted by Gasteiger charge is 2.32. The molecule has 0 bridgehead atoms. The summed E-state index contributed by atoms with van der Waals surface area (Å²) in [6.07, 6.45) is 7.12. The van der Waals surface area contributed by atoms with Gasteiger partial charge in [-0.2, -0.15) is 5.26 Å². The number of anilines is 1. The monoisotopic (exact) mass is 469 g/mol. The Morgan fingerprint density at radius 1 is 1.33 bits per heavy atom. The van der Waals surface area contributed by atoms with Gasteiger partial charge in [0.2, 0.25) is 0 Å². The molecule has 7 nitrogen and oxygen atoms in total. The Balaban J connectivity index is 1.47. The van der Waals surface area contributed by atoms with Gasteiger partial charge in [0.05, 0.1) is 28.3 Å². The van der Waals surface area contributed by atoms with Crippen LogP contribution in [-0.4, -0.2) is 49.0 Å². The van der Waals surface area contributed by atoms with Crippen molar-refractivity contribution in [3.63, 3.8) is 0 Å². The number of halogens is 1. The first-order chi connectivity index (χ1) is 16.0. The molecule has 3 N–H and O–H groups in total. The van der Waals surface area contributed by atoms with Crippen LogP contribution in [-0.2, 0) is 15.9 Å². The third-order valence-electron chi connectivity index (χ3n) is 6.98. The van der Waals surface area contributed by atoms with Crippen molar-refractivity contribution in [3.05, 3.63) is 41.2 Å². The van der Waals surface area contributed by atoms with E-state index in [2.05, 4.69) is 16.4 Å². The summed E-state index contributed by atoms with van der Waals surface area (Å²) < 4.78 is 11.0. The number of pyridine rings is 2. The van der Waals surface area contributed by atoms with Crippen LogP contribution in [0.1, 0.15) is 37.8 Å². The van der Waals surface area contributed by atoms with Crippen LogP contribution in [0.3, 0.4) is 0 Å². The Hall–Kier alpha value is -2.24. The van der Waals surface area contributed by atoms with Crippen LogP contribution < -0.4 is 11.1 Å². The van der Waals surface area contributed by atoms with E-state index in [9.17, 15) is 5.26 Å². The van der Waals surface area contributed by atoms with Crippen LogP contribution in [0.5, 0.6) is 0 Å². The van der Waals surface area contributed by atoms with Gasteiger partial charge < -0.3 is 20.5 Å². The van der Waals surface area contributed by atoms with E-state index in [1.165, 1.54) is 0 Å². The van der Waals surface area contributed by atoms with Crippen LogP contribution in [0.4, 0.5) is 5.82 Å². The molecule has 1 aliphatic carbocycles. The first-order valence-corrected chi connectivity index (χ1v) is 12.0. The van der Waals surface area contributed by atoms with Gasteiger partial charge in [-0.25, -0.2) is 4.98 Å². The zero-order chi connectivity index (χ0) is 23.3. The molecule has 4 rings (SSSR count). The number of methoxy groups -OCH3 is 1. The summed E-state index contributed by atoms with van der Waals surface area (Å²) in [5.41, 5.74) is 8.40. The van der Waals surface area contributed by atoms with Gasteiger partial charge in [0.15, 0.2) is 0 Å². The van der Waals surface area contributed by atoms with E-state index in [0.717, 1.165) is 61.3 Å². The molecular formula is C25H32ClN5O2. The number of hydrogen-bond donors (Lipinski definition) is 2. The number of aromatic nitrogens is 2. The van der Waals surface area contributed by atoms with Gasteiger partial charge >= 0.3 is 0 Å². The number of nitrogens with two attached hydrogens (primary N) is 1. The second-order valence-corrected chi connectivity index (χ2v) is 9.65. The SMILES string of the molecule is CO[C@H]1C[C@@H](Cc2cc(-c3cccc(NCC4(C#N)CCOCC4)n3)c(Cl)cn2)CC[C@@H]1N. The molecule has 2 aromatic heterocycles. The Kier molecular flexibility index (Phi) is 7.82. The predicted octanol–water partition coefficient (Wildman–Crippen LogP) is 4.21. The normalized spacial score (nSPS) is 24.7. The highest BCUT2D eigenvalue weighted by molar-refractivity contribution is 6.33. The van der Waals surface area contributed by atoms with Gasteiger partial charge in [-0.3, -0.25) is 4.98 Å². The molecule has 2 aliphatic rings. The Bertz CT molecular complexity index is 989. The van der Waals surface area contributed by atoms with Gasteiger partial charge in [-0.15, -0.1) is 0 Å². The van der Waals surface area contributed by atoms with Gasteiger partial charge in [0, 0.05) is 50.4 Å². The summed E-state index contributed by atoms with van der Waals surface area (Å²) in [6.45, 7) is 1.79. The largest absolute Gasteiger partial charge is 0.381 e. The lowest BCUT2D eigenvalue weighted by atomic mass is 9.81. The van der Waals surface area contributed by atoms with Crippen LogP contribution >= 0.6 is 11.6 Å². The second kappa shape index (κ2) is 10.8. The molecule has 0 radical (unpaired) electrons. The zero-order valence-corrected chi connectivity index (χ0v) is 19.9. The maximum atomic E-state index is 9.70. The van der Waals surface area contributed by atoms with Crippen LogP contribution in [0.25, 0.3) is 11.3 Å². The lowest BCUT2D eigenvalue weighted by Gasteiger charge is -2.33. The second-order valence-electron chi connectivity index (χ2n) is 9.24. The third-order valence-corrected chi connectivity index (χ3v) is 7.29. The average molecular weight is 470 g/mol. The molecule has 1 saturated carbocycles. The molecule has 176 valence electrons. The van der Waals surface area contributed by atoms with Crippen molar-refractivity contribution in [2.45, 2.75) is 50.7 Å². The van der Waals surface area contributed by atoms with E-state index >= 15 is 0 Å². The van der Waals surface area contributed by atoms with Crippen molar-refractivity contribution in [1.82, 2.24) is 9.97 Å². The van der Waals surface area contributed by atoms with E-state index in [4.69, 9.17) is 31.8 Å². The minimum absolute atomic E-state index is 0.104. The maximum Gasteiger partial charge on any atom is 0.126 e. The van der Waals surface area contributed by atoms with Crippen molar-refractivity contribution >= 4 is 17.4 Å². The van der Waals surface area contributed by atoms with Crippen molar-refractivity contribution in [3.8, 4) is 17.3 Å². The smallest absolute Gasteiger partial charge is 0.126 e. The van der Waals surface area contributed by atoms with Crippen LogP contribution in [0, 0.1) is 22.7 Å². The van der Waals surface area contributed by atoms with E-state index in [1.54, 1.807) is 13.3 Å². The van der Waals surface area contributed by atoms with Gasteiger partial charge in [-0.05, 0) is 62.6 Å². The number of nitriles is 1. The topological polar surface area (TPSA) is 106 Å². The molecule has 0 amide bonds. The van der Waals surface area contributed by atoms with Crippen LogP contribution in [0.2, 0.25) is 5.02 Å². The minimum Gasteiger partial charge on any atom is -0.381 e. The lowest BCUT2D eigenvalue weighted by molar-refractivity contribution is 0.0347. The van der Waals surface area contributed by atoms with Crippen molar-refractivity contribution in [2.75, 3.05) is 32.2 Å². The highest BCUT2D eigenvalue weighted by Crippen LogP contribution is 2.33. The van der Waals surface area contributed by atoms with E-state index in [1.807, 2.05) is 24.3 Å². The average Bonchev–Trinajstić information content (AvgIpc) is 2.86. The quantitative estimate of drug-likeness (QED) is 0.625. The Morgan fingerprint density at radius 2 is 2.15 bits per heavy atom. The molecule has 3 heterocycles. The van der Waals surface area contributed by atoms with Crippen LogP contribution in [0.15, 0.2) is 30.5 Å². The fourth-order valence-corrected chi connectivity index (χ4v) is 5.01. The molecule has 2 aromatic rings. The predicted molar refractivity (Wildman–Crippen MR) is 129 cm³/mol. The van der Waals surface area contributed by atoms with E-state index in [-0.39, 0.29) is 12.1 Å². The molecule has 3 atom stereocenters. The summed E-state index contributed by atoms with van der Waals surface area (Å²) in [6, 6.07) is 10.5. The molecule has 1 aliphatic heterocycles. The summed E-state index contributed by atoms with van der Waals surface area (Å²) in [5, 5.41) is 13.6. The number of nitrogens with one attached hydrogen (secondary N) is 1. The molecule has 2 fully saturated rings.